The number of hydrogen-bond donors (Lipinski definition) is 1. The molecule has 0 spiro atoms. The Morgan fingerprint density at radius 1 is 1.18 bits per heavy atom. The highest BCUT2D eigenvalue weighted by atomic mass is 79.9. The van der Waals surface area contributed by atoms with Crippen LogP contribution in [0.2, 0.25) is 0 Å². The van der Waals surface area contributed by atoms with Crippen molar-refractivity contribution < 1.29 is 4.39 Å². The van der Waals surface area contributed by atoms with E-state index in [0.717, 1.165) is 28.9 Å². The predicted molar refractivity (Wildman–Crippen MR) is 73.8 cm³/mol. The SMILES string of the molecule is Fc1ccccc1CCNCc1ccc(Br)s1. The summed E-state index contributed by atoms with van der Waals surface area (Å²) in [5, 5.41) is 3.31. The van der Waals surface area contributed by atoms with Crippen molar-refractivity contribution in [2.45, 2.75) is 13.0 Å². The average Bonchev–Trinajstić information content (AvgIpc) is 2.73. The van der Waals surface area contributed by atoms with E-state index in [1.807, 2.05) is 18.2 Å². The second-order valence-electron chi connectivity index (χ2n) is 3.72. The van der Waals surface area contributed by atoms with Gasteiger partial charge in [-0.25, -0.2) is 4.39 Å². The first-order valence-corrected chi connectivity index (χ1v) is 7.05. The van der Waals surface area contributed by atoms with Gasteiger partial charge >= 0.3 is 0 Å². The molecule has 1 aromatic heterocycles. The summed E-state index contributed by atoms with van der Waals surface area (Å²) in [6, 6.07) is 11.1. The van der Waals surface area contributed by atoms with Crippen molar-refractivity contribution in [1.82, 2.24) is 5.32 Å². The fourth-order valence-electron chi connectivity index (χ4n) is 1.58. The summed E-state index contributed by atoms with van der Waals surface area (Å²) in [7, 11) is 0. The van der Waals surface area contributed by atoms with Crippen molar-refractivity contribution in [2.75, 3.05) is 6.54 Å². The van der Waals surface area contributed by atoms with Crippen LogP contribution in [-0.2, 0) is 13.0 Å². The van der Waals surface area contributed by atoms with E-state index in [-0.39, 0.29) is 5.82 Å². The maximum atomic E-state index is 13.3. The molecule has 2 rings (SSSR count). The van der Waals surface area contributed by atoms with Gasteiger partial charge in [-0.05, 0) is 52.7 Å². The Bertz CT molecular complexity index is 484. The van der Waals surface area contributed by atoms with Gasteiger partial charge in [-0.2, -0.15) is 0 Å². The van der Waals surface area contributed by atoms with Gasteiger partial charge in [-0.1, -0.05) is 18.2 Å². The topological polar surface area (TPSA) is 12.0 Å². The summed E-state index contributed by atoms with van der Waals surface area (Å²) in [6.45, 7) is 1.63. The molecule has 1 heterocycles. The Morgan fingerprint density at radius 3 is 2.71 bits per heavy atom. The molecule has 2 aromatic rings. The third-order valence-corrected chi connectivity index (χ3v) is 4.08. The van der Waals surface area contributed by atoms with Crippen LogP contribution in [0.3, 0.4) is 0 Å². The molecule has 1 aromatic carbocycles. The maximum absolute atomic E-state index is 13.3. The first kappa shape index (κ1) is 12.7. The van der Waals surface area contributed by atoms with Gasteiger partial charge in [0.2, 0.25) is 0 Å². The van der Waals surface area contributed by atoms with Crippen LogP contribution in [0.4, 0.5) is 4.39 Å². The van der Waals surface area contributed by atoms with Crippen LogP contribution in [0.25, 0.3) is 0 Å². The van der Waals surface area contributed by atoms with Gasteiger partial charge in [0.25, 0.3) is 0 Å². The van der Waals surface area contributed by atoms with Crippen LogP contribution in [-0.4, -0.2) is 6.54 Å². The van der Waals surface area contributed by atoms with Crippen LogP contribution in [0, 0.1) is 5.82 Å². The number of thiophene rings is 1. The Morgan fingerprint density at radius 2 is 2.00 bits per heavy atom. The predicted octanol–water partition coefficient (Wildman–Crippen LogP) is 3.98. The third-order valence-electron chi connectivity index (χ3n) is 2.46. The van der Waals surface area contributed by atoms with E-state index in [9.17, 15) is 4.39 Å². The summed E-state index contributed by atoms with van der Waals surface area (Å²) in [5.74, 6) is -0.117. The zero-order valence-electron chi connectivity index (χ0n) is 9.25. The fraction of sp³-hybridized carbons (Fsp3) is 0.231. The Kier molecular flexibility index (Phi) is 4.71. The molecular formula is C13H13BrFNS. The standard InChI is InChI=1S/C13H13BrFNS/c14-13-6-5-11(17-13)9-16-8-7-10-3-1-2-4-12(10)15/h1-6,16H,7-9H2. The zero-order valence-corrected chi connectivity index (χ0v) is 11.7. The molecule has 0 aliphatic heterocycles. The highest BCUT2D eigenvalue weighted by Gasteiger charge is 2.00. The van der Waals surface area contributed by atoms with Crippen LogP contribution in [0.15, 0.2) is 40.2 Å². The van der Waals surface area contributed by atoms with Crippen molar-refractivity contribution in [3.8, 4) is 0 Å². The second-order valence-corrected chi connectivity index (χ2v) is 6.27. The van der Waals surface area contributed by atoms with Crippen molar-refractivity contribution in [2.24, 2.45) is 0 Å². The van der Waals surface area contributed by atoms with E-state index in [1.165, 1.54) is 10.9 Å². The molecule has 0 bridgehead atoms. The van der Waals surface area contributed by atoms with Crippen LogP contribution in [0.1, 0.15) is 10.4 Å². The van der Waals surface area contributed by atoms with E-state index in [2.05, 4.69) is 27.3 Å². The molecular weight excluding hydrogens is 301 g/mol. The molecule has 0 fully saturated rings. The number of hydrogen-bond acceptors (Lipinski definition) is 2. The van der Waals surface area contributed by atoms with E-state index in [1.54, 1.807) is 17.4 Å². The van der Waals surface area contributed by atoms with Gasteiger partial charge < -0.3 is 5.32 Å². The minimum absolute atomic E-state index is 0.117. The molecule has 0 saturated carbocycles. The Labute approximate surface area is 113 Å². The smallest absolute Gasteiger partial charge is 0.126 e. The number of rotatable bonds is 5. The highest BCUT2D eigenvalue weighted by Crippen LogP contribution is 2.21. The molecule has 1 nitrogen and oxygen atoms in total. The Balaban J connectivity index is 1.75. The molecule has 0 atom stereocenters. The number of benzene rings is 1. The molecule has 1 N–H and O–H groups in total. The molecule has 90 valence electrons. The van der Waals surface area contributed by atoms with E-state index >= 15 is 0 Å². The third kappa shape index (κ3) is 3.91. The highest BCUT2D eigenvalue weighted by molar-refractivity contribution is 9.11. The fourth-order valence-corrected chi connectivity index (χ4v) is 3.04. The van der Waals surface area contributed by atoms with Gasteiger partial charge in [0.1, 0.15) is 5.82 Å². The largest absolute Gasteiger partial charge is 0.312 e. The molecule has 17 heavy (non-hydrogen) atoms. The summed E-state index contributed by atoms with van der Waals surface area (Å²) in [5.41, 5.74) is 0.771. The van der Waals surface area contributed by atoms with Gasteiger partial charge in [0.15, 0.2) is 0 Å². The van der Waals surface area contributed by atoms with Gasteiger partial charge in [-0.3, -0.25) is 0 Å². The lowest BCUT2D eigenvalue weighted by Crippen LogP contribution is -2.16. The first-order valence-electron chi connectivity index (χ1n) is 5.44. The lowest BCUT2D eigenvalue weighted by atomic mass is 10.1. The molecule has 0 amide bonds. The lowest BCUT2D eigenvalue weighted by Gasteiger charge is -2.04. The number of nitrogens with one attached hydrogen (secondary N) is 1. The molecule has 0 unspecified atom stereocenters. The van der Waals surface area contributed by atoms with Crippen molar-refractivity contribution >= 4 is 27.3 Å². The molecule has 4 heteroatoms. The Hall–Kier alpha value is -0.710. The van der Waals surface area contributed by atoms with Crippen LogP contribution >= 0.6 is 27.3 Å². The van der Waals surface area contributed by atoms with Crippen molar-refractivity contribution in [3.05, 3.63) is 56.4 Å². The van der Waals surface area contributed by atoms with E-state index in [0.29, 0.717) is 0 Å². The second kappa shape index (κ2) is 6.28. The lowest BCUT2D eigenvalue weighted by molar-refractivity contribution is 0.598. The monoisotopic (exact) mass is 313 g/mol. The normalized spacial score (nSPS) is 10.7. The molecule has 0 saturated heterocycles. The maximum Gasteiger partial charge on any atom is 0.126 e. The van der Waals surface area contributed by atoms with E-state index in [4.69, 9.17) is 0 Å². The molecule has 0 radical (unpaired) electrons. The summed E-state index contributed by atoms with van der Waals surface area (Å²) < 4.78 is 14.5. The van der Waals surface area contributed by atoms with Crippen LogP contribution < -0.4 is 5.32 Å². The van der Waals surface area contributed by atoms with Gasteiger partial charge in [-0.15, -0.1) is 11.3 Å². The minimum Gasteiger partial charge on any atom is -0.312 e. The minimum atomic E-state index is -0.117. The van der Waals surface area contributed by atoms with Gasteiger partial charge in [0, 0.05) is 11.4 Å². The van der Waals surface area contributed by atoms with E-state index < -0.39 is 0 Å². The molecule has 0 aliphatic carbocycles. The summed E-state index contributed by atoms with van der Waals surface area (Å²) in [4.78, 5) is 1.28. The number of halogens is 2. The van der Waals surface area contributed by atoms with Crippen molar-refractivity contribution in [3.63, 3.8) is 0 Å². The summed E-state index contributed by atoms with van der Waals surface area (Å²) >= 11 is 5.15. The zero-order chi connectivity index (χ0) is 12.1. The van der Waals surface area contributed by atoms with Crippen molar-refractivity contribution in [1.29, 1.82) is 0 Å². The van der Waals surface area contributed by atoms with Gasteiger partial charge in [0.05, 0.1) is 3.79 Å². The van der Waals surface area contributed by atoms with Crippen LogP contribution in [0.5, 0.6) is 0 Å². The quantitative estimate of drug-likeness (QED) is 0.823. The summed E-state index contributed by atoms with van der Waals surface area (Å²) in [6.07, 6.45) is 0.721. The molecule has 0 aliphatic rings. The average molecular weight is 314 g/mol. The first-order chi connectivity index (χ1) is 8.25.